The van der Waals surface area contributed by atoms with Crippen LogP contribution in [0.25, 0.3) is 21.8 Å². The minimum Gasteiger partial charge on any atom is -0.350 e. The van der Waals surface area contributed by atoms with E-state index in [-0.39, 0.29) is 23.5 Å². The number of nitrogens with zero attached hydrogens (tertiary/aromatic N) is 4. The Hall–Kier alpha value is -4.72. The number of benzene rings is 2. The first-order chi connectivity index (χ1) is 20.9. The topological polar surface area (TPSA) is 101 Å². The maximum Gasteiger partial charge on any atom is 0.234 e. The number of ketones is 1. The molecule has 4 aromatic heterocycles. The molecule has 0 saturated heterocycles. The number of aromatic amines is 2. The van der Waals surface area contributed by atoms with Crippen LogP contribution in [0.4, 0.5) is 0 Å². The van der Waals surface area contributed by atoms with Crippen molar-refractivity contribution in [3.8, 4) is 0 Å². The molecular weight excluding hydrogens is 536 g/mol. The minimum atomic E-state index is 0.0182. The number of hydrogen-bond acceptors (Lipinski definition) is 4. The van der Waals surface area contributed by atoms with Crippen LogP contribution in [0.1, 0.15) is 62.0 Å². The maximum absolute atomic E-state index is 13.0. The van der Waals surface area contributed by atoms with Gasteiger partial charge in [-0.15, -0.1) is 0 Å². The molecule has 2 N–H and O–H groups in total. The molecular formula is C35H36N6O2. The second kappa shape index (κ2) is 10.8. The van der Waals surface area contributed by atoms with Crippen molar-refractivity contribution in [3.63, 3.8) is 0 Å². The van der Waals surface area contributed by atoms with Crippen molar-refractivity contribution < 1.29 is 9.59 Å². The number of aromatic nitrogens is 6. The minimum absolute atomic E-state index is 0.0182. The summed E-state index contributed by atoms with van der Waals surface area (Å²) in [6.07, 6.45) is 10.6. The Morgan fingerprint density at radius 1 is 0.930 bits per heavy atom. The fourth-order valence-corrected chi connectivity index (χ4v) is 7.02. The van der Waals surface area contributed by atoms with Crippen LogP contribution in [0.2, 0.25) is 0 Å². The molecule has 2 aromatic carbocycles. The van der Waals surface area contributed by atoms with Gasteiger partial charge in [0.05, 0.1) is 29.6 Å². The SMILES string of the molecule is Cc1[nH]cnc1C[C@H]1CCc2c(C)c3ccccc3n2C1=O.Cn1cc(C(=O)[C@@H]2CCc3[nH]cnc3C2)c2ccccc21. The molecule has 0 unspecified atom stereocenters. The number of carbonyl (C=O) groups is 2. The molecule has 0 spiro atoms. The monoisotopic (exact) mass is 572 g/mol. The number of Topliss-reactive ketones (excluding diaryl/α,β-unsaturated/α-hetero) is 1. The molecule has 2 atom stereocenters. The summed E-state index contributed by atoms with van der Waals surface area (Å²) in [7, 11) is 1.99. The van der Waals surface area contributed by atoms with Gasteiger partial charge in [0, 0.05) is 76.9 Å². The average molecular weight is 573 g/mol. The zero-order valence-corrected chi connectivity index (χ0v) is 24.9. The predicted molar refractivity (Wildman–Crippen MR) is 167 cm³/mol. The normalized spacial score (nSPS) is 17.9. The number of fused-ring (bicyclic) bond motifs is 5. The van der Waals surface area contributed by atoms with Gasteiger partial charge in [-0.3, -0.25) is 14.2 Å². The highest BCUT2D eigenvalue weighted by molar-refractivity contribution is 6.09. The number of aryl methyl sites for hydroxylation is 4. The van der Waals surface area contributed by atoms with Crippen molar-refractivity contribution in [1.29, 1.82) is 0 Å². The van der Waals surface area contributed by atoms with E-state index < -0.39 is 0 Å². The van der Waals surface area contributed by atoms with Crippen molar-refractivity contribution in [1.82, 2.24) is 29.1 Å². The highest BCUT2D eigenvalue weighted by atomic mass is 16.2. The lowest BCUT2D eigenvalue weighted by molar-refractivity contribution is 0.0807. The van der Waals surface area contributed by atoms with Crippen LogP contribution in [0.3, 0.4) is 0 Å². The maximum atomic E-state index is 13.0. The second-order valence-electron chi connectivity index (χ2n) is 12.0. The summed E-state index contributed by atoms with van der Waals surface area (Å²) in [6, 6.07) is 16.3. The summed E-state index contributed by atoms with van der Waals surface area (Å²) >= 11 is 0. The summed E-state index contributed by atoms with van der Waals surface area (Å²) < 4.78 is 3.98. The molecule has 218 valence electrons. The molecule has 6 aromatic rings. The average Bonchev–Trinajstić information content (AvgIpc) is 3.81. The van der Waals surface area contributed by atoms with Crippen molar-refractivity contribution in [2.45, 2.75) is 52.4 Å². The van der Waals surface area contributed by atoms with Gasteiger partial charge in [-0.05, 0) is 57.2 Å². The van der Waals surface area contributed by atoms with E-state index >= 15 is 0 Å². The first-order valence-electron chi connectivity index (χ1n) is 15.1. The van der Waals surface area contributed by atoms with Crippen molar-refractivity contribution >= 4 is 33.5 Å². The van der Waals surface area contributed by atoms with E-state index in [1.807, 2.05) is 65.7 Å². The lowest BCUT2D eigenvalue weighted by atomic mass is 9.84. The third-order valence-corrected chi connectivity index (χ3v) is 9.45. The van der Waals surface area contributed by atoms with Gasteiger partial charge >= 0.3 is 0 Å². The lowest BCUT2D eigenvalue weighted by Crippen LogP contribution is -2.30. The first-order valence-corrected chi connectivity index (χ1v) is 15.1. The highest BCUT2D eigenvalue weighted by Crippen LogP contribution is 2.33. The molecule has 43 heavy (non-hydrogen) atoms. The van der Waals surface area contributed by atoms with Gasteiger partial charge in [0.25, 0.3) is 0 Å². The second-order valence-corrected chi connectivity index (χ2v) is 12.0. The molecule has 8 rings (SSSR count). The van der Waals surface area contributed by atoms with Gasteiger partial charge in [0.2, 0.25) is 5.91 Å². The van der Waals surface area contributed by atoms with Gasteiger partial charge in [-0.1, -0.05) is 36.4 Å². The fraction of sp³-hybridized carbons (Fsp3) is 0.314. The fourth-order valence-electron chi connectivity index (χ4n) is 7.02. The van der Waals surface area contributed by atoms with E-state index in [0.717, 1.165) is 77.6 Å². The molecule has 2 aliphatic rings. The van der Waals surface area contributed by atoms with Crippen molar-refractivity contribution in [3.05, 3.63) is 107 Å². The first kappa shape index (κ1) is 27.1. The van der Waals surface area contributed by atoms with Crippen LogP contribution >= 0.6 is 0 Å². The van der Waals surface area contributed by atoms with E-state index in [9.17, 15) is 9.59 Å². The van der Waals surface area contributed by atoms with Gasteiger partial charge < -0.3 is 14.5 Å². The Balaban J connectivity index is 0.000000140. The number of H-pyrrole nitrogens is 2. The summed E-state index contributed by atoms with van der Waals surface area (Å²) in [5, 5.41) is 2.25. The van der Waals surface area contributed by atoms with E-state index in [0.29, 0.717) is 0 Å². The summed E-state index contributed by atoms with van der Waals surface area (Å²) in [4.78, 5) is 40.9. The summed E-state index contributed by atoms with van der Waals surface area (Å²) in [6.45, 7) is 4.13. The van der Waals surface area contributed by atoms with E-state index in [1.54, 1.807) is 12.7 Å². The molecule has 5 heterocycles. The summed E-state index contributed by atoms with van der Waals surface area (Å²) in [5.41, 5.74) is 9.75. The van der Waals surface area contributed by atoms with E-state index in [1.165, 1.54) is 22.3 Å². The Morgan fingerprint density at radius 3 is 2.47 bits per heavy atom. The Bertz CT molecular complexity index is 1990. The van der Waals surface area contributed by atoms with Gasteiger partial charge in [-0.2, -0.15) is 0 Å². The number of imidazole rings is 2. The molecule has 8 heteroatoms. The molecule has 0 bridgehead atoms. The van der Waals surface area contributed by atoms with Gasteiger partial charge in [-0.25, -0.2) is 9.97 Å². The molecule has 8 nitrogen and oxygen atoms in total. The lowest BCUT2D eigenvalue weighted by Gasteiger charge is -2.23. The number of para-hydroxylation sites is 2. The number of rotatable bonds is 4. The molecule has 0 amide bonds. The largest absolute Gasteiger partial charge is 0.350 e. The Kier molecular flexibility index (Phi) is 6.84. The van der Waals surface area contributed by atoms with Crippen LogP contribution in [-0.2, 0) is 32.7 Å². The highest BCUT2D eigenvalue weighted by Gasteiger charge is 2.31. The standard InChI is InChI=1S/C18H19N3O.C17H17N3O/c1-11-14-5-3-4-6-17(14)21-16(11)8-7-13(18(21)22)9-15-12(2)19-10-20-15;1-20-9-13(12-4-2-3-5-16(12)20)17(21)11-6-7-14-15(8-11)19-10-18-14/h3-6,10,13H,7-9H2,1-2H3,(H,19,20);2-5,9-11H,6-8H2,1H3,(H,18,19)/t13-;11-/m11/s1. The van der Waals surface area contributed by atoms with E-state index in [2.05, 4.69) is 39.0 Å². The molecule has 1 aliphatic heterocycles. The van der Waals surface area contributed by atoms with Crippen LogP contribution in [0.15, 0.2) is 67.4 Å². The summed E-state index contributed by atoms with van der Waals surface area (Å²) in [5.74, 6) is 0.532. The quantitative estimate of drug-likeness (QED) is 0.242. The Morgan fingerprint density at radius 2 is 1.67 bits per heavy atom. The zero-order chi connectivity index (χ0) is 29.7. The van der Waals surface area contributed by atoms with Crippen LogP contribution in [-0.4, -0.2) is 40.8 Å². The third-order valence-electron chi connectivity index (χ3n) is 9.45. The molecule has 0 fully saturated rings. The predicted octanol–water partition coefficient (Wildman–Crippen LogP) is 6.32. The van der Waals surface area contributed by atoms with Crippen molar-refractivity contribution in [2.75, 3.05) is 0 Å². The number of hydrogen-bond donors (Lipinski definition) is 2. The smallest absolute Gasteiger partial charge is 0.234 e. The van der Waals surface area contributed by atoms with Crippen LogP contribution in [0, 0.1) is 25.7 Å². The van der Waals surface area contributed by atoms with Gasteiger partial charge in [0.15, 0.2) is 5.78 Å². The zero-order valence-electron chi connectivity index (χ0n) is 24.9. The molecule has 0 saturated carbocycles. The Labute approximate surface area is 250 Å². The van der Waals surface area contributed by atoms with Gasteiger partial charge in [0.1, 0.15) is 0 Å². The van der Waals surface area contributed by atoms with Crippen molar-refractivity contribution in [2.24, 2.45) is 18.9 Å². The van der Waals surface area contributed by atoms with E-state index in [4.69, 9.17) is 0 Å². The number of carbonyl (C=O) groups excluding carboxylic acids is 2. The van der Waals surface area contributed by atoms with Crippen LogP contribution in [0.5, 0.6) is 0 Å². The molecule has 0 radical (unpaired) electrons. The number of nitrogens with one attached hydrogen (secondary N) is 2. The van der Waals surface area contributed by atoms with Crippen LogP contribution < -0.4 is 0 Å². The molecule has 1 aliphatic carbocycles. The third kappa shape index (κ3) is 4.71.